The van der Waals surface area contributed by atoms with Crippen molar-refractivity contribution in [1.82, 2.24) is 10.3 Å². The molecule has 9 heteroatoms. The fourth-order valence-corrected chi connectivity index (χ4v) is 2.20. The van der Waals surface area contributed by atoms with Crippen molar-refractivity contribution >= 4 is 16.0 Å². The Morgan fingerprint density at radius 3 is 2.61 bits per heavy atom. The van der Waals surface area contributed by atoms with Crippen LogP contribution in [0.3, 0.4) is 0 Å². The number of aromatic hydroxyl groups is 1. The van der Waals surface area contributed by atoms with Gasteiger partial charge in [-0.05, 0) is 12.0 Å². The van der Waals surface area contributed by atoms with Crippen LogP contribution >= 0.6 is 0 Å². The maximum Gasteiger partial charge on any atom is 0.300 e. The van der Waals surface area contributed by atoms with Crippen LogP contribution in [0.15, 0.2) is 15.8 Å². The highest BCUT2D eigenvalue weighted by Gasteiger charge is 2.21. The van der Waals surface area contributed by atoms with Crippen LogP contribution in [0.4, 0.5) is 0 Å². The van der Waals surface area contributed by atoms with Gasteiger partial charge in [-0.15, -0.1) is 0 Å². The summed E-state index contributed by atoms with van der Waals surface area (Å²) in [7, 11) is -4.70. The fourth-order valence-electron chi connectivity index (χ4n) is 1.43. The predicted molar refractivity (Wildman–Crippen MR) is 60.9 cm³/mol. The quantitative estimate of drug-likeness (QED) is 0.521. The lowest BCUT2D eigenvalue weighted by molar-refractivity contribution is -0.118. The molecule has 0 saturated heterocycles. The molecule has 0 radical (unpaired) electrons. The second-order valence-corrected chi connectivity index (χ2v) is 4.90. The molecule has 0 aliphatic heterocycles. The first-order valence-corrected chi connectivity index (χ1v) is 6.33. The van der Waals surface area contributed by atoms with E-state index in [4.69, 9.17) is 4.55 Å². The van der Waals surface area contributed by atoms with Crippen molar-refractivity contribution in [2.45, 2.75) is 18.2 Å². The van der Waals surface area contributed by atoms with E-state index < -0.39 is 26.5 Å². The molecule has 18 heavy (non-hydrogen) atoms. The van der Waals surface area contributed by atoms with E-state index in [1.165, 1.54) is 6.92 Å². The van der Waals surface area contributed by atoms with Gasteiger partial charge >= 0.3 is 0 Å². The number of hydrogen-bond acceptors (Lipinski definition) is 5. The third-order valence-electron chi connectivity index (χ3n) is 2.08. The molecule has 0 saturated carbocycles. The minimum absolute atomic E-state index is 0.0216. The van der Waals surface area contributed by atoms with Gasteiger partial charge in [0.2, 0.25) is 5.91 Å². The maximum absolute atomic E-state index is 11.4. The van der Waals surface area contributed by atoms with Crippen molar-refractivity contribution in [1.29, 1.82) is 0 Å². The number of hydrogen-bond donors (Lipinski definition) is 4. The van der Waals surface area contributed by atoms with Gasteiger partial charge in [0.05, 0.1) is 0 Å². The zero-order chi connectivity index (χ0) is 13.9. The normalized spacial score (nSPS) is 11.2. The molecule has 1 aromatic rings. The van der Waals surface area contributed by atoms with E-state index in [9.17, 15) is 23.1 Å². The van der Waals surface area contributed by atoms with Crippen LogP contribution in [-0.2, 0) is 21.3 Å². The molecule has 0 spiro atoms. The summed E-state index contributed by atoms with van der Waals surface area (Å²) in [5.41, 5.74) is -1.19. The Morgan fingerprint density at radius 1 is 1.50 bits per heavy atom. The lowest BCUT2D eigenvalue weighted by atomic mass is 10.2. The molecule has 0 aliphatic rings. The molecule has 0 bridgehead atoms. The number of carbonyl (C=O) groups is 1. The number of nitrogens with one attached hydrogen (secondary N) is 2. The van der Waals surface area contributed by atoms with Crippen molar-refractivity contribution < 1.29 is 22.9 Å². The molecule has 1 heterocycles. The highest BCUT2D eigenvalue weighted by Crippen LogP contribution is 2.14. The zero-order valence-electron chi connectivity index (χ0n) is 9.43. The Bertz CT molecular complexity index is 618. The lowest BCUT2D eigenvalue weighted by Gasteiger charge is -2.07. The lowest BCUT2D eigenvalue weighted by Crippen LogP contribution is -2.25. The van der Waals surface area contributed by atoms with E-state index in [1.54, 1.807) is 0 Å². The largest absolute Gasteiger partial charge is 0.495 e. The Balaban J connectivity index is 3.17. The van der Waals surface area contributed by atoms with E-state index in [2.05, 4.69) is 5.32 Å². The molecule has 1 rings (SSSR count). The number of aromatic nitrogens is 1. The van der Waals surface area contributed by atoms with Crippen molar-refractivity contribution in [2.24, 2.45) is 0 Å². The second kappa shape index (κ2) is 5.19. The van der Waals surface area contributed by atoms with Gasteiger partial charge in [0.25, 0.3) is 15.7 Å². The molecular formula is C9H12N2O6S. The van der Waals surface area contributed by atoms with Crippen LogP contribution in [0.1, 0.15) is 12.5 Å². The number of aromatic amines is 1. The summed E-state index contributed by atoms with van der Waals surface area (Å²) < 4.78 is 31.0. The summed E-state index contributed by atoms with van der Waals surface area (Å²) in [6.07, 6.45) is -0.0216. The molecule has 4 N–H and O–H groups in total. The third kappa shape index (κ3) is 3.57. The number of amides is 1. The Kier molecular flexibility index (Phi) is 4.09. The van der Waals surface area contributed by atoms with Gasteiger partial charge in [-0.3, -0.25) is 19.1 Å². The standard InChI is InChI=1S/C9H12N2O6S/c1-5(12)10-3-2-6-4-7(13)11-9(14)8(6)18(15,16)17/h4H,2-3H2,1H3,(H,10,12)(H2,11,13,14)(H,15,16,17). The van der Waals surface area contributed by atoms with Gasteiger partial charge in [-0.25, -0.2) is 0 Å². The highest BCUT2D eigenvalue weighted by atomic mass is 32.2. The molecule has 0 aliphatic carbocycles. The molecule has 1 aromatic heterocycles. The minimum Gasteiger partial charge on any atom is -0.495 e. The maximum atomic E-state index is 11.4. The van der Waals surface area contributed by atoms with Gasteiger partial charge < -0.3 is 10.4 Å². The summed E-state index contributed by atoms with van der Waals surface area (Å²) in [6, 6.07) is 1.01. The molecule has 0 aromatic carbocycles. The Labute approximate surface area is 102 Å². The van der Waals surface area contributed by atoms with Crippen LogP contribution in [-0.4, -0.2) is 35.5 Å². The van der Waals surface area contributed by atoms with Crippen molar-refractivity contribution in [3.8, 4) is 5.88 Å². The average Bonchev–Trinajstić information content (AvgIpc) is 2.12. The molecule has 0 atom stereocenters. The minimum atomic E-state index is -4.70. The predicted octanol–water partition coefficient (Wildman–Crippen LogP) is -0.994. The Hall–Kier alpha value is -1.87. The summed E-state index contributed by atoms with van der Waals surface area (Å²) in [5.74, 6) is -0.845. The summed E-state index contributed by atoms with van der Waals surface area (Å²) >= 11 is 0. The second-order valence-electron chi connectivity index (χ2n) is 3.55. The van der Waals surface area contributed by atoms with Crippen LogP contribution in [0.25, 0.3) is 0 Å². The van der Waals surface area contributed by atoms with Gasteiger partial charge in [-0.2, -0.15) is 8.42 Å². The van der Waals surface area contributed by atoms with Crippen LogP contribution in [0.5, 0.6) is 5.88 Å². The first-order valence-electron chi connectivity index (χ1n) is 4.89. The molecule has 1 amide bonds. The van der Waals surface area contributed by atoms with Crippen molar-refractivity contribution in [3.63, 3.8) is 0 Å². The van der Waals surface area contributed by atoms with Gasteiger partial charge in [0.15, 0.2) is 10.8 Å². The summed E-state index contributed by atoms with van der Waals surface area (Å²) in [5, 5.41) is 11.6. The average molecular weight is 276 g/mol. The number of pyridine rings is 1. The molecular weight excluding hydrogens is 264 g/mol. The third-order valence-corrected chi connectivity index (χ3v) is 3.04. The van der Waals surface area contributed by atoms with Gasteiger partial charge in [0, 0.05) is 19.5 Å². The first-order chi connectivity index (χ1) is 8.21. The fraction of sp³-hybridized carbons (Fsp3) is 0.333. The van der Waals surface area contributed by atoms with Crippen molar-refractivity contribution in [2.75, 3.05) is 6.54 Å². The van der Waals surface area contributed by atoms with E-state index in [1.807, 2.05) is 4.98 Å². The number of carbonyl (C=O) groups excluding carboxylic acids is 1. The van der Waals surface area contributed by atoms with E-state index in [0.29, 0.717) is 0 Å². The molecule has 100 valence electrons. The molecule has 0 unspecified atom stereocenters. The summed E-state index contributed by atoms with van der Waals surface area (Å²) in [4.78, 5) is 23.0. The smallest absolute Gasteiger partial charge is 0.300 e. The van der Waals surface area contributed by atoms with E-state index >= 15 is 0 Å². The number of rotatable bonds is 4. The Morgan fingerprint density at radius 2 is 2.11 bits per heavy atom. The SMILES string of the molecule is CC(=O)NCCc1cc(O)[nH]c(=O)c1S(=O)(=O)O. The number of H-pyrrole nitrogens is 1. The molecule has 0 fully saturated rings. The first kappa shape index (κ1) is 14.2. The van der Waals surface area contributed by atoms with E-state index in [-0.39, 0.29) is 24.4 Å². The van der Waals surface area contributed by atoms with Crippen LogP contribution in [0, 0.1) is 0 Å². The monoisotopic (exact) mass is 276 g/mol. The van der Waals surface area contributed by atoms with Gasteiger partial charge in [-0.1, -0.05) is 0 Å². The van der Waals surface area contributed by atoms with Crippen LogP contribution < -0.4 is 10.9 Å². The summed E-state index contributed by atoms with van der Waals surface area (Å²) in [6.45, 7) is 1.35. The topological polar surface area (TPSA) is 137 Å². The zero-order valence-corrected chi connectivity index (χ0v) is 10.2. The van der Waals surface area contributed by atoms with E-state index in [0.717, 1.165) is 6.07 Å². The molecule has 8 nitrogen and oxygen atoms in total. The van der Waals surface area contributed by atoms with Crippen molar-refractivity contribution in [3.05, 3.63) is 22.0 Å². The van der Waals surface area contributed by atoms with Gasteiger partial charge in [0.1, 0.15) is 0 Å². The highest BCUT2D eigenvalue weighted by molar-refractivity contribution is 7.85. The van der Waals surface area contributed by atoms with Crippen LogP contribution in [0.2, 0.25) is 0 Å².